The third kappa shape index (κ3) is 11.6. The number of guanidine groups is 2. The van der Waals surface area contributed by atoms with Crippen molar-refractivity contribution in [2.75, 3.05) is 19.6 Å². The summed E-state index contributed by atoms with van der Waals surface area (Å²) in [7, 11) is 0. The van der Waals surface area contributed by atoms with Crippen molar-refractivity contribution in [2.24, 2.45) is 32.9 Å². The monoisotopic (exact) mass is 763 g/mol. The van der Waals surface area contributed by atoms with Gasteiger partial charge in [0.25, 0.3) is 0 Å². The van der Waals surface area contributed by atoms with Crippen LogP contribution in [0.2, 0.25) is 0 Å². The number of fused-ring (bicyclic) bond motifs is 2. The number of benzene rings is 4. The Bertz CT molecular complexity index is 2110. The molecule has 4 aromatic rings. The lowest BCUT2D eigenvalue weighted by molar-refractivity contribution is -0.134. The number of aliphatic imine (C=N–C) groups is 2. The Labute approximate surface area is 324 Å². The van der Waals surface area contributed by atoms with Crippen LogP contribution in [-0.4, -0.2) is 85.3 Å². The second-order valence-electron chi connectivity index (χ2n) is 13.6. The lowest BCUT2D eigenvalue weighted by atomic mass is 9.98. The zero-order valence-corrected chi connectivity index (χ0v) is 31.0. The van der Waals surface area contributed by atoms with Gasteiger partial charge >= 0.3 is 0 Å². The minimum Gasteiger partial charge on any atom is -0.370 e. The molecular formula is C40H49N11O5. The van der Waals surface area contributed by atoms with E-state index in [1.807, 2.05) is 84.9 Å². The fraction of sp³-hybridized carbons (Fsp3) is 0.325. The smallest absolute Gasteiger partial charge is 0.243 e. The Balaban J connectivity index is 1.48. The molecule has 0 spiro atoms. The van der Waals surface area contributed by atoms with Crippen LogP contribution in [0.4, 0.5) is 0 Å². The summed E-state index contributed by atoms with van der Waals surface area (Å²) >= 11 is 0. The molecule has 4 aromatic carbocycles. The molecule has 1 fully saturated rings. The highest BCUT2D eigenvalue weighted by Crippen LogP contribution is 2.21. The van der Waals surface area contributed by atoms with Crippen LogP contribution in [0.3, 0.4) is 0 Å². The van der Waals surface area contributed by atoms with E-state index in [9.17, 15) is 24.0 Å². The topological polar surface area (TPSA) is 274 Å². The summed E-state index contributed by atoms with van der Waals surface area (Å²) in [5.74, 6) is -3.48. The largest absolute Gasteiger partial charge is 0.370 e. The van der Waals surface area contributed by atoms with Crippen LogP contribution in [-0.2, 0) is 36.8 Å². The Kier molecular flexibility index (Phi) is 14.1. The highest BCUT2D eigenvalue weighted by molar-refractivity contribution is 5.98. The maximum absolute atomic E-state index is 14.1. The molecule has 0 unspecified atom stereocenters. The standard InChI is InChI=1S/C40H49N11O5/c41-39(42)45-18-6-14-30-36(54)49-31(15-7-19-46-40(43)44)37(55)51-32(21-24-16-17-25-8-1-2-10-27(25)20-24)35(53)47-23-34(52)48-33(38(56)50-30)22-28-12-5-11-26-9-3-4-13-29(26)28/h1-5,8-13,16-17,20,30-33H,6-7,14-15,18-19,21-23H2,(H,47,53)(H,48,52)(H,49,54)(H,50,56)(H,51,55)(H4,41,42,45)(H4,43,44,46)/t30-,31+,32+,33-/m1/s1. The minimum absolute atomic E-state index is 0.0766. The summed E-state index contributed by atoms with van der Waals surface area (Å²) in [6.45, 7) is -0.139. The SMILES string of the molecule is NC(N)=NCCC[C@@H]1NC(=O)[C@@H](CCCN=C(N)N)NC(=O)[C@@H](Cc2cccc3ccccc23)NC(=O)CNC(=O)[C@H](Cc2ccc3ccccc3c2)NC1=O. The number of rotatable bonds is 12. The molecule has 16 heteroatoms. The fourth-order valence-electron chi connectivity index (χ4n) is 6.61. The van der Waals surface area contributed by atoms with Crippen LogP contribution in [0.5, 0.6) is 0 Å². The van der Waals surface area contributed by atoms with Crippen molar-refractivity contribution >= 4 is 63.0 Å². The van der Waals surface area contributed by atoms with Gasteiger partial charge in [0.2, 0.25) is 29.5 Å². The first-order chi connectivity index (χ1) is 27.0. The van der Waals surface area contributed by atoms with Crippen molar-refractivity contribution in [2.45, 2.75) is 62.7 Å². The Hall–Kier alpha value is -6.71. The van der Waals surface area contributed by atoms with E-state index in [4.69, 9.17) is 22.9 Å². The Morgan fingerprint density at radius 2 is 1.09 bits per heavy atom. The minimum atomic E-state index is -1.16. The van der Waals surface area contributed by atoms with E-state index in [1.165, 1.54) is 0 Å². The summed E-state index contributed by atoms with van der Waals surface area (Å²) in [5, 5.41) is 17.5. The van der Waals surface area contributed by atoms with Gasteiger partial charge in [-0.3, -0.25) is 34.0 Å². The number of nitrogens with two attached hydrogens (primary N) is 4. The molecule has 0 aliphatic carbocycles. The predicted octanol–water partition coefficient (Wildman–Crippen LogP) is -0.0456. The summed E-state index contributed by atoms with van der Waals surface area (Å²) in [6, 6.07) is 22.2. The molecule has 0 radical (unpaired) electrons. The zero-order valence-electron chi connectivity index (χ0n) is 31.0. The summed E-state index contributed by atoms with van der Waals surface area (Å²) in [4.78, 5) is 77.4. The molecule has 1 saturated heterocycles. The van der Waals surface area contributed by atoms with Crippen LogP contribution < -0.4 is 49.5 Å². The Morgan fingerprint density at radius 1 is 0.554 bits per heavy atom. The quantitative estimate of drug-likeness (QED) is 0.0531. The van der Waals surface area contributed by atoms with E-state index in [2.05, 4.69) is 36.6 Å². The first-order valence-corrected chi connectivity index (χ1v) is 18.5. The number of amides is 5. The fourth-order valence-corrected chi connectivity index (χ4v) is 6.61. The van der Waals surface area contributed by atoms with Gasteiger partial charge in [0.05, 0.1) is 6.54 Å². The molecular weight excluding hydrogens is 715 g/mol. The number of nitrogens with one attached hydrogen (secondary N) is 5. The molecule has 56 heavy (non-hydrogen) atoms. The molecule has 0 saturated carbocycles. The van der Waals surface area contributed by atoms with Gasteiger partial charge in [-0.2, -0.15) is 0 Å². The summed E-state index contributed by atoms with van der Waals surface area (Å²) < 4.78 is 0. The van der Waals surface area contributed by atoms with Crippen molar-refractivity contribution in [1.82, 2.24) is 26.6 Å². The van der Waals surface area contributed by atoms with E-state index in [-0.39, 0.29) is 50.7 Å². The molecule has 1 aliphatic heterocycles. The van der Waals surface area contributed by atoms with Crippen molar-refractivity contribution < 1.29 is 24.0 Å². The second-order valence-corrected chi connectivity index (χ2v) is 13.6. The molecule has 13 N–H and O–H groups in total. The van der Waals surface area contributed by atoms with Gasteiger partial charge in [-0.1, -0.05) is 84.9 Å². The van der Waals surface area contributed by atoms with Gasteiger partial charge in [0, 0.05) is 25.9 Å². The van der Waals surface area contributed by atoms with Gasteiger partial charge in [-0.05, 0) is 58.4 Å². The zero-order chi connectivity index (χ0) is 40.0. The van der Waals surface area contributed by atoms with Gasteiger partial charge < -0.3 is 49.5 Å². The molecule has 4 atom stereocenters. The molecule has 0 aromatic heterocycles. The highest BCUT2D eigenvalue weighted by atomic mass is 16.2. The average Bonchev–Trinajstić information content (AvgIpc) is 3.18. The van der Waals surface area contributed by atoms with Gasteiger partial charge in [-0.15, -0.1) is 0 Å². The number of carbonyl (C=O) groups is 5. The maximum atomic E-state index is 14.1. The molecule has 16 nitrogen and oxygen atoms in total. The average molecular weight is 764 g/mol. The summed E-state index contributed by atoms with van der Waals surface area (Å²) in [5.41, 5.74) is 23.6. The van der Waals surface area contributed by atoms with E-state index in [0.717, 1.165) is 32.7 Å². The third-order valence-electron chi connectivity index (χ3n) is 9.42. The molecule has 1 aliphatic rings. The maximum Gasteiger partial charge on any atom is 0.243 e. The molecule has 1 heterocycles. The molecule has 5 amide bonds. The second kappa shape index (κ2) is 19.6. The Morgan fingerprint density at radius 3 is 1.73 bits per heavy atom. The molecule has 5 rings (SSSR count). The normalized spacial score (nSPS) is 19.7. The number of hydrogen-bond acceptors (Lipinski definition) is 7. The van der Waals surface area contributed by atoms with Gasteiger partial charge in [-0.25, -0.2) is 0 Å². The predicted molar refractivity (Wildman–Crippen MR) is 216 cm³/mol. The van der Waals surface area contributed by atoms with Gasteiger partial charge in [0.15, 0.2) is 11.9 Å². The number of hydrogen-bond donors (Lipinski definition) is 9. The van der Waals surface area contributed by atoms with E-state index < -0.39 is 60.2 Å². The van der Waals surface area contributed by atoms with E-state index >= 15 is 0 Å². The molecule has 294 valence electrons. The van der Waals surface area contributed by atoms with Crippen molar-refractivity contribution in [3.05, 3.63) is 96.1 Å². The molecule has 0 bridgehead atoms. The first-order valence-electron chi connectivity index (χ1n) is 18.5. The number of nitrogens with zero attached hydrogens (tertiary/aromatic N) is 2. The van der Waals surface area contributed by atoms with Crippen LogP contribution in [0.15, 0.2) is 94.9 Å². The van der Waals surface area contributed by atoms with Crippen LogP contribution in [0.25, 0.3) is 21.5 Å². The highest BCUT2D eigenvalue weighted by Gasteiger charge is 2.32. The number of carbonyl (C=O) groups excluding carboxylic acids is 5. The third-order valence-corrected chi connectivity index (χ3v) is 9.42. The van der Waals surface area contributed by atoms with Crippen molar-refractivity contribution in [1.29, 1.82) is 0 Å². The lowest BCUT2D eigenvalue weighted by Crippen LogP contribution is -2.58. The van der Waals surface area contributed by atoms with Crippen LogP contribution in [0.1, 0.15) is 36.8 Å². The van der Waals surface area contributed by atoms with Crippen LogP contribution >= 0.6 is 0 Å². The van der Waals surface area contributed by atoms with E-state index in [1.54, 1.807) is 0 Å². The van der Waals surface area contributed by atoms with Crippen molar-refractivity contribution in [3.8, 4) is 0 Å². The van der Waals surface area contributed by atoms with Gasteiger partial charge in [0.1, 0.15) is 24.2 Å². The summed E-state index contributed by atoms with van der Waals surface area (Å²) in [6.07, 6.45) is 0.936. The lowest BCUT2D eigenvalue weighted by Gasteiger charge is -2.26. The van der Waals surface area contributed by atoms with E-state index in [0.29, 0.717) is 12.8 Å². The van der Waals surface area contributed by atoms with Crippen LogP contribution in [0, 0.1) is 0 Å². The van der Waals surface area contributed by atoms with Crippen molar-refractivity contribution in [3.63, 3.8) is 0 Å². The first kappa shape index (κ1) is 40.5.